The Kier molecular flexibility index (Phi) is 3.69. The van der Waals surface area contributed by atoms with Gasteiger partial charge in [-0.25, -0.2) is 13.1 Å². The van der Waals surface area contributed by atoms with Gasteiger partial charge in [0.25, 0.3) is 15.9 Å². The van der Waals surface area contributed by atoms with Crippen molar-refractivity contribution in [1.82, 2.24) is 9.88 Å². The van der Waals surface area contributed by atoms with Gasteiger partial charge in [0.2, 0.25) is 0 Å². The van der Waals surface area contributed by atoms with Crippen LogP contribution in [-0.4, -0.2) is 19.5 Å². The van der Waals surface area contributed by atoms with Crippen LogP contribution in [0.3, 0.4) is 0 Å². The van der Waals surface area contributed by atoms with Crippen LogP contribution in [0.1, 0.15) is 39.4 Å². The number of hydrogen-bond acceptors (Lipinski definition) is 7. The second-order valence-electron chi connectivity index (χ2n) is 5.15. The topological polar surface area (TPSA) is 115 Å². The van der Waals surface area contributed by atoms with Crippen molar-refractivity contribution in [2.24, 2.45) is 0 Å². The normalized spacial score (nSPS) is 14.6. The van der Waals surface area contributed by atoms with E-state index in [1.165, 1.54) is 18.3 Å². The van der Waals surface area contributed by atoms with E-state index in [2.05, 4.69) is 9.88 Å². The van der Waals surface area contributed by atoms with Gasteiger partial charge in [-0.3, -0.25) is 4.79 Å². The van der Waals surface area contributed by atoms with Gasteiger partial charge in [-0.2, -0.15) is 0 Å². The number of amides is 1. The minimum atomic E-state index is -4.11. The molecule has 0 aliphatic heterocycles. The Morgan fingerprint density at radius 3 is 2.82 bits per heavy atom. The average molecular weight is 341 g/mol. The number of thiophene rings is 1. The summed E-state index contributed by atoms with van der Waals surface area (Å²) < 4.78 is 31.4. The highest BCUT2D eigenvalue weighted by molar-refractivity contribution is 7.90. The predicted molar refractivity (Wildman–Crippen MR) is 81.3 cm³/mol. The van der Waals surface area contributed by atoms with Gasteiger partial charge >= 0.3 is 0 Å². The molecule has 1 aliphatic rings. The Labute approximate surface area is 131 Å². The second kappa shape index (κ2) is 5.40. The highest BCUT2D eigenvalue weighted by Crippen LogP contribution is 2.30. The van der Waals surface area contributed by atoms with Crippen molar-refractivity contribution in [3.63, 3.8) is 0 Å². The first-order chi connectivity index (χ1) is 10.4. The number of rotatable bonds is 3. The summed E-state index contributed by atoms with van der Waals surface area (Å²) in [6, 6.07) is 0. The third-order valence-electron chi connectivity index (χ3n) is 3.64. The number of nitrogen functional groups attached to an aromatic ring is 1. The second-order valence-corrected chi connectivity index (χ2v) is 7.73. The molecule has 7 nitrogen and oxygen atoms in total. The van der Waals surface area contributed by atoms with Crippen molar-refractivity contribution in [3.05, 3.63) is 27.1 Å². The zero-order valence-corrected chi connectivity index (χ0v) is 13.5. The molecule has 0 atom stereocenters. The van der Waals surface area contributed by atoms with Crippen LogP contribution in [0.15, 0.2) is 14.8 Å². The minimum absolute atomic E-state index is 0.0464. The smallest absolute Gasteiger partial charge is 0.271 e. The standard InChI is InChI=1S/C13H15N3O4S2/c1-7-11(12(14)15-20-7)22(18,19)16-13(17)9-6-21-10-5-3-2-4-8(9)10/h6H,2-5H2,1H3,(H2,14,15)(H,16,17). The van der Waals surface area contributed by atoms with E-state index in [1.807, 2.05) is 0 Å². The van der Waals surface area contributed by atoms with Crippen LogP contribution in [0.25, 0.3) is 0 Å². The highest BCUT2D eigenvalue weighted by atomic mass is 32.2. The van der Waals surface area contributed by atoms with Gasteiger partial charge in [0.05, 0.1) is 5.56 Å². The van der Waals surface area contributed by atoms with E-state index in [9.17, 15) is 13.2 Å². The van der Waals surface area contributed by atoms with Crippen molar-refractivity contribution < 1.29 is 17.7 Å². The fraction of sp³-hybridized carbons (Fsp3) is 0.385. The number of carbonyl (C=O) groups is 1. The molecule has 22 heavy (non-hydrogen) atoms. The quantitative estimate of drug-likeness (QED) is 0.876. The highest BCUT2D eigenvalue weighted by Gasteiger charge is 2.29. The number of nitrogens with one attached hydrogen (secondary N) is 1. The number of aromatic nitrogens is 1. The molecule has 0 radical (unpaired) electrons. The summed E-state index contributed by atoms with van der Waals surface area (Å²) in [5, 5.41) is 5.11. The van der Waals surface area contributed by atoms with Gasteiger partial charge in [0.15, 0.2) is 16.5 Å². The van der Waals surface area contributed by atoms with E-state index in [-0.39, 0.29) is 16.5 Å². The fourth-order valence-electron chi connectivity index (χ4n) is 2.62. The third kappa shape index (κ3) is 2.50. The lowest BCUT2D eigenvalue weighted by Crippen LogP contribution is -2.31. The molecule has 9 heteroatoms. The van der Waals surface area contributed by atoms with Gasteiger partial charge in [-0.15, -0.1) is 11.3 Å². The Bertz CT molecular complexity index is 816. The van der Waals surface area contributed by atoms with Crippen LogP contribution in [0.2, 0.25) is 0 Å². The molecule has 3 rings (SSSR count). The molecular formula is C13H15N3O4S2. The fourth-order valence-corrected chi connectivity index (χ4v) is 4.93. The molecular weight excluding hydrogens is 326 g/mol. The van der Waals surface area contributed by atoms with Crippen molar-refractivity contribution >= 4 is 33.1 Å². The summed E-state index contributed by atoms with van der Waals surface area (Å²) in [5.41, 5.74) is 6.88. The molecule has 0 fully saturated rings. The first kappa shape index (κ1) is 15.0. The summed E-state index contributed by atoms with van der Waals surface area (Å²) in [6.45, 7) is 1.43. The molecule has 3 N–H and O–H groups in total. The maximum Gasteiger partial charge on any atom is 0.271 e. The maximum absolute atomic E-state index is 12.3. The first-order valence-electron chi connectivity index (χ1n) is 6.78. The van der Waals surface area contributed by atoms with Gasteiger partial charge in [-0.1, -0.05) is 5.16 Å². The molecule has 0 aromatic carbocycles. The Balaban J connectivity index is 1.90. The lowest BCUT2D eigenvalue weighted by atomic mass is 9.96. The summed E-state index contributed by atoms with van der Waals surface area (Å²) in [5.74, 6) is -0.852. The van der Waals surface area contributed by atoms with Crippen molar-refractivity contribution in [2.75, 3.05) is 5.73 Å². The largest absolute Gasteiger partial charge is 0.380 e. The zero-order chi connectivity index (χ0) is 15.9. The van der Waals surface area contributed by atoms with Gasteiger partial charge in [0, 0.05) is 10.3 Å². The van der Waals surface area contributed by atoms with Crippen LogP contribution < -0.4 is 10.5 Å². The molecule has 0 unspecified atom stereocenters. The summed E-state index contributed by atoms with van der Waals surface area (Å²) in [4.78, 5) is 13.2. The average Bonchev–Trinajstić information content (AvgIpc) is 3.02. The van der Waals surface area contributed by atoms with Gasteiger partial charge in [-0.05, 0) is 38.2 Å². The number of nitrogens with two attached hydrogens (primary N) is 1. The Morgan fingerprint density at radius 1 is 1.41 bits per heavy atom. The molecule has 0 spiro atoms. The summed E-state index contributed by atoms with van der Waals surface area (Å²) >= 11 is 1.50. The summed E-state index contributed by atoms with van der Waals surface area (Å²) in [6.07, 6.45) is 3.85. The number of sulfonamides is 1. The number of anilines is 1. The van der Waals surface area contributed by atoms with E-state index in [4.69, 9.17) is 10.3 Å². The molecule has 1 aliphatic carbocycles. The molecule has 0 bridgehead atoms. The van der Waals surface area contributed by atoms with Crippen molar-refractivity contribution in [3.8, 4) is 0 Å². The lowest BCUT2D eigenvalue weighted by molar-refractivity contribution is 0.0981. The molecule has 2 aromatic heterocycles. The van der Waals surface area contributed by atoms with Crippen molar-refractivity contribution in [1.29, 1.82) is 0 Å². The SMILES string of the molecule is Cc1onc(N)c1S(=O)(=O)NC(=O)c1csc2c1CCCC2. The monoisotopic (exact) mass is 341 g/mol. The molecule has 1 amide bonds. The van der Waals surface area contributed by atoms with E-state index >= 15 is 0 Å². The van der Waals surface area contributed by atoms with E-state index in [1.54, 1.807) is 5.38 Å². The molecule has 2 aromatic rings. The molecule has 118 valence electrons. The number of fused-ring (bicyclic) bond motifs is 1. The van der Waals surface area contributed by atoms with E-state index in [0.717, 1.165) is 36.1 Å². The first-order valence-corrected chi connectivity index (χ1v) is 9.14. The van der Waals surface area contributed by atoms with Gasteiger partial charge < -0.3 is 10.3 Å². The maximum atomic E-state index is 12.3. The lowest BCUT2D eigenvalue weighted by Gasteiger charge is -2.12. The van der Waals surface area contributed by atoms with E-state index in [0.29, 0.717) is 5.56 Å². The van der Waals surface area contributed by atoms with Gasteiger partial charge in [0.1, 0.15) is 0 Å². The van der Waals surface area contributed by atoms with Crippen LogP contribution in [0.5, 0.6) is 0 Å². The van der Waals surface area contributed by atoms with Crippen LogP contribution in [0, 0.1) is 6.92 Å². The third-order valence-corrected chi connectivity index (χ3v) is 6.21. The molecule has 0 saturated heterocycles. The number of carbonyl (C=O) groups excluding carboxylic acids is 1. The Hall–Kier alpha value is -1.87. The Morgan fingerprint density at radius 2 is 2.14 bits per heavy atom. The number of nitrogens with zero attached hydrogens (tertiary/aromatic N) is 1. The van der Waals surface area contributed by atoms with E-state index < -0.39 is 15.9 Å². The number of aryl methyl sites for hydroxylation is 2. The zero-order valence-electron chi connectivity index (χ0n) is 11.9. The molecule has 2 heterocycles. The number of hydrogen-bond donors (Lipinski definition) is 2. The minimum Gasteiger partial charge on any atom is -0.380 e. The summed E-state index contributed by atoms with van der Waals surface area (Å²) in [7, 11) is -4.11. The van der Waals surface area contributed by atoms with Crippen LogP contribution in [-0.2, 0) is 22.9 Å². The van der Waals surface area contributed by atoms with Crippen molar-refractivity contribution in [2.45, 2.75) is 37.5 Å². The predicted octanol–water partition coefficient (Wildman–Crippen LogP) is 1.62. The van der Waals surface area contributed by atoms with Crippen LogP contribution >= 0.6 is 11.3 Å². The van der Waals surface area contributed by atoms with Crippen LogP contribution in [0.4, 0.5) is 5.82 Å². The molecule has 0 saturated carbocycles.